The van der Waals surface area contributed by atoms with E-state index in [1.807, 2.05) is 62.4 Å². The van der Waals surface area contributed by atoms with Crippen molar-refractivity contribution in [1.29, 1.82) is 0 Å². The lowest BCUT2D eigenvalue weighted by Gasteiger charge is -2.20. The largest absolute Gasteiger partial charge is 1.00 e. The standard InChI is InChI=1S/C21H23O4S.ClH/c1-21(2)24-19-18(22-13-15-9-5-3-6-10-15)17(23-20(19)25-21)14-26-16-11-7-4-8-12-16;/h3-13,17-20H,14H2,1-2H3;1H/q+1;/p-1/t17-,18+,19-,20-;/m1./s1. The van der Waals surface area contributed by atoms with Gasteiger partial charge in [0.15, 0.2) is 18.2 Å². The number of fused-ring (bicyclic) bond motifs is 1. The zero-order valence-corrected chi connectivity index (χ0v) is 16.9. The van der Waals surface area contributed by atoms with E-state index in [-0.39, 0.29) is 37.0 Å². The molecule has 2 aliphatic heterocycles. The summed E-state index contributed by atoms with van der Waals surface area (Å²) in [6.07, 6.45) is 0.849. The van der Waals surface area contributed by atoms with Crippen LogP contribution in [0.4, 0.5) is 0 Å². The average molecular weight is 407 g/mol. The topological polar surface area (TPSA) is 39.0 Å². The van der Waals surface area contributed by atoms with Gasteiger partial charge in [-0.1, -0.05) is 36.4 Å². The molecular formula is C21H23ClO4S. The first-order valence-electron chi connectivity index (χ1n) is 8.83. The third-order valence-corrected chi connectivity index (χ3v) is 5.51. The van der Waals surface area contributed by atoms with E-state index in [0.29, 0.717) is 0 Å². The van der Waals surface area contributed by atoms with Crippen LogP contribution in [0, 0.1) is 0 Å². The van der Waals surface area contributed by atoms with Crippen molar-refractivity contribution in [1.82, 2.24) is 0 Å². The van der Waals surface area contributed by atoms with Gasteiger partial charge >= 0.3 is 12.4 Å². The zero-order chi connectivity index (χ0) is 18.0. The molecule has 27 heavy (non-hydrogen) atoms. The van der Waals surface area contributed by atoms with Gasteiger partial charge in [-0.3, -0.25) is 4.42 Å². The highest BCUT2D eigenvalue weighted by Gasteiger charge is 2.60. The molecule has 0 saturated carbocycles. The summed E-state index contributed by atoms with van der Waals surface area (Å²) in [7, 11) is 0. The van der Waals surface area contributed by atoms with Gasteiger partial charge in [0.1, 0.15) is 0 Å². The van der Waals surface area contributed by atoms with Gasteiger partial charge in [0.2, 0.25) is 6.10 Å². The highest BCUT2D eigenvalue weighted by Crippen LogP contribution is 2.40. The molecule has 2 aliphatic rings. The fourth-order valence-electron chi connectivity index (χ4n) is 3.23. The van der Waals surface area contributed by atoms with Gasteiger partial charge in [0, 0.05) is 10.6 Å². The first-order chi connectivity index (χ1) is 12.6. The van der Waals surface area contributed by atoms with E-state index >= 15 is 0 Å². The van der Waals surface area contributed by atoms with E-state index in [9.17, 15) is 0 Å². The van der Waals surface area contributed by atoms with E-state index in [1.54, 1.807) is 18.0 Å². The molecule has 6 heteroatoms. The highest BCUT2D eigenvalue weighted by atomic mass is 35.5. The number of hydrogen-bond acceptors (Lipinski definition) is 4. The molecule has 4 nitrogen and oxygen atoms in total. The number of hydrogen-bond donors (Lipinski definition) is 0. The predicted octanol–water partition coefficient (Wildman–Crippen LogP) is 1.08. The normalized spacial score (nSPS) is 28.8. The van der Waals surface area contributed by atoms with Gasteiger partial charge in [-0.05, 0) is 38.1 Å². The average Bonchev–Trinajstić information content (AvgIpc) is 3.11. The van der Waals surface area contributed by atoms with E-state index in [2.05, 4.69) is 12.1 Å². The maximum Gasteiger partial charge on any atom is 0.328 e. The first kappa shape index (κ1) is 20.4. The minimum Gasteiger partial charge on any atom is -1.00 e. The van der Waals surface area contributed by atoms with Gasteiger partial charge in [0.25, 0.3) is 0 Å². The number of ether oxygens (including phenoxy) is 3. The van der Waals surface area contributed by atoms with E-state index in [1.165, 1.54) is 4.90 Å². The second kappa shape index (κ2) is 8.76. The van der Waals surface area contributed by atoms with Crippen LogP contribution in [0.15, 0.2) is 65.6 Å². The third kappa shape index (κ3) is 4.92. The lowest BCUT2D eigenvalue weighted by molar-refractivity contribution is -0.358. The van der Waals surface area contributed by atoms with Gasteiger partial charge in [0.05, 0.1) is 5.56 Å². The van der Waals surface area contributed by atoms with Crippen LogP contribution in [-0.2, 0) is 14.2 Å². The van der Waals surface area contributed by atoms with Crippen molar-refractivity contribution in [3.05, 3.63) is 66.2 Å². The molecule has 4 atom stereocenters. The van der Waals surface area contributed by atoms with Crippen molar-refractivity contribution in [2.75, 3.05) is 5.75 Å². The summed E-state index contributed by atoms with van der Waals surface area (Å²) in [6, 6.07) is 20.3. The molecule has 2 aromatic rings. The lowest BCUT2D eigenvalue weighted by atomic mass is 10.1. The molecule has 0 unspecified atom stereocenters. The quantitative estimate of drug-likeness (QED) is 0.423. The van der Waals surface area contributed by atoms with Crippen LogP contribution >= 0.6 is 11.8 Å². The fourth-order valence-corrected chi connectivity index (χ4v) is 4.20. The monoisotopic (exact) mass is 406 g/mol. The Bertz CT molecular complexity index is 753. The lowest BCUT2D eigenvalue weighted by Crippen LogP contribution is -3.00. The molecule has 2 fully saturated rings. The number of rotatable bonds is 5. The maximum absolute atomic E-state index is 6.13. The molecule has 2 heterocycles. The number of benzene rings is 2. The third-order valence-electron chi connectivity index (χ3n) is 4.41. The van der Waals surface area contributed by atoms with Crippen molar-refractivity contribution in [3.8, 4) is 0 Å². The smallest absolute Gasteiger partial charge is 0.328 e. The summed E-state index contributed by atoms with van der Waals surface area (Å²) in [4.78, 5) is 1.21. The van der Waals surface area contributed by atoms with Gasteiger partial charge < -0.3 is 26.6 Å². The van der Waals surface area contributed by atoms with Crippen LogP contribution < -0.4 is 12.4 Å². The Labute approximate surface area is 170 Å². The molecule has 0 amide bonds. The van der Waals surface area contributed by atoms with Crippen LogP contribution in [0.2, 0.25) is 0 Å². The summed E-state index contributed by atoms with van der Waals surface area (Å²) in [5.41, 5.74) is 1.02. The molecule has 0 radical (unpaired) electrons. The Hall–Kier alpha value is -1.37. The van der Waals surface area contributed by atoms with Crippen molar-refractivity contribution >= 4 is 18.0 Å². The molecule has 2 saturated heterocycles. The molecule has 0 spiro atoms. The van der Waals surface area contributed by atoms with Gasteiger partial charge in [-0.2, -0.15) is 0 Å². The van der Waals surface area contributed by atoms with Crippen LogP contribution in [0.25, 0.3) is 0 Å². The molecule has 0 bridgehead atoms. The minimum absolute atomic E-state index is 0. The maximum atomic E-state index is 6.13. The summed E-state index contributed by atoms with van der Waals surface area (Å²) >= 11 is 1.75. The van der Waals surface area contributed by atoms with Crippen LogP contribution in [0.1, 0.15) is 23.8 Å². The van der Waals surface area contributed by atoms with E-state index in [4.69, 9.17) is 18.6 Å². The van der Waals surface area contributed by atoms with Gasteiger partial charge in [-0.25, -0.2) is 0 Å². The zero-order valence-electron chi connectivity index (χ0n) is 15.3. The second-order valence-electron chi connectivity index (χ2n) is 6.90. The van der Waals surface area contributed by atoms with Crippen molar-refractivity contribution in [3.63, 3.8) is 0 Å². The predicted molar refractivity (Wildman–Crippen MR) is 101 cm³/mol. The highest BCUT2D eigenvalue weighted by molar-refractivity contribution is 7.99. The molecule has 0 aliphatic carbocycles. The fraction of sp³-hybridized carbons (Fsp3) is 0.381. The Morgan fingerprint density at radius 2 is 1.67 bits per heavy atom. The van der Waals surface area contributed by atoms with Crippen molar-refractivity contribution < 1.29 is 31.0 Å². The number of halogens is 1. The Balaban J connectivity index is 0.00000210. The molecule has 0 aromatic heterocycles. The second-order valence-corrected chi connectivity index (χ2v) is 7.99. The molecule has 144 valence electrons. The molecule has 0 N–H and O–H groups in total. The van der Waals surface area contributed by atoms with E-state index in [0.717, 1.165) is 11.3 Å². The van der Waals surface area contributed by atoms with Gasteiger partial charge in [-0.15, -0.1) is 11.8 Å². The summed E-state index contributed by atoms with van der Waals surface area (Å²) in [5, 5.41) is 0. The SMILES string of the molecule is CC1(C)O[C@H]2O[C@H](CSc3ccccc3)[C@H]([O+]=Cc3ccccc3)[C@H]2O1.[Cl-]. The summed E-state index contributed by atoms with van der Waals surface area (Å²) in [6.45, 7) is 3.81. The number of aldehydes is 1. The first-order valence-corrected chi connectivity index (χ1v) is 9.82. The molecule has 2 aromatic carbocycles. The van der Waals surface area contributed by atoms with Crippen LogP contribution in [0.3, 0.4) is 0 Å². The summed E-state index contributed by atoms with van der Waals surface area (Å²) < 4.78 is 24.2. The Morgan fingerprint density at radius 1 is 1.00 bits per heavy atom. The summed E-state index contributed by atoms with van der Waals surface area (Å²) in [5.74, 6) is 0.124. The van der Waals surface area contributed by atoms with E-state index < -0.39 is 5.79 Å². The molecular weight excluding hydrogens is 384 g/mol. The van der Waals surface area contributed by atoms with Crippen LogP contribution in [0.5, 0.6) is 0 Å². The van der Waals surface area contributed by atoms with Crippen molar-refractivity contribution in [2.45, 2.75) is 49.1 Å². The van der Waals surface area contributed by atoms with Crippen LogP contribution in [-0.4, -0.2) is 42.4 Å². The minimum atomic E-state index is -0.652. The number of thioether (sulfide) groups is 1. The van der Waals surface area contributed by atoms with Crippen molar-refractivity contribution in [2.24, 2.45) is 0 Å². The Morgan fingerprint density at radius 3 is 2.37 bits per heavy atom. The molecule has 4 rings (SSSR count). The Kier molecular flexibility index (Phi) is 6.61. The number of carbonyl (C=O) groups excluding carboxylic acids is 1.